The van der Waals surface area contributed by atoms with Crippen molar-refractivity contribution in [1.82, 2.24) is 10.2 Å². The average Bonchev–Trinajstić information content (AvgIpc) is 2.27. The van der Waals surface area contributed by atoms with Gasteiger partial charge in [-0.3, -0.25) is 0 Å². The normalized spacial score (nSPS) is 24.9. The summed E-state index contributed by atoms with van der Waals surface area (Å²) in [6.45, 7) is 9.92. The molecule has 0 radical (unpaired) electrons. The highest BCUT2D eigenvalue weighted by molar-refractivity contribution is 4.96. The Morgan fingerprint density at radius 2 is 1.62 bits per heavy atom. The van der Waals surface area contributed by atoms with E-state index in [2.05, 4.69) is 24.1 Å². The molecular weight excluding hydrogens is 196 g/mol. The predicted octanol–water partition coefficient (Wildman–Crippen LogP) is 2.64. The van der Waals surface area contributed by atoms with Crippen LogP contribution in [0.3, 0.4) is 0 Å². The molecule has 0 aromatic rings. The van der Waals surface area contributed by atoms with E-state index >= 15 is 0 Å². The Hall–Kier alpha value is -0.0800. The van der Waals surface area contributed by atoms with Gasteiger partial charge in [-0.1, -0.05) is 26.7 Å². The van der Waals surface area contributed by atoms with Gasteiger partial charge in [0.05, 0.1) is 0 Å². The van der Waals surface area contributed by atoms with Crippen LogP contribution in [0.4, 0.5) is 0 Å². The van der Waals surface area contributed by atoms with E-state index in [1.54, 1.807) is 0 Å². The van der Waals surface area contributed by atoms with Gasteiger partial charge in [0.25, 0.3) is 0 Å². The molecule has 2 aliphatic heterocycles. The minimum Gasteiger partial charge on any atom is -0.316 e. The Labute approximate surface area is 101 Å². The first-order valence-electron chi connectivity index (χ1n) is 7.24. The molecule has 0 atom stereocenters. The van der Waals surface area contributed by atoms with Crippen LogP contribution in [-0.2, 0) is 0 Å². The first-order valence-corrected chi connectivity index (χ1v) is 7.24. The molecule has 2 rings (SSSR count). The third kappa shape index (κ3) is 2.60. The zero-order valence-corrected chi connectivity index (χ0v) is 11.1. The quantitative estimate of drug-likeness (QED) is 0.772. The molecule has 0 aliphatic carbocycles. The van der Waals surface area contributed by atoms with Gasteiger partial charge < -0.3 is 10.2 Å². The molecule has 0 aromatic heterocycles. The highest BCUT2D eigenvalue weighted by Crippen LogP contribution is 2.36. The molecule has 0 saturated carbocycles. The largest absolute Gasteiger partial charge is 0.316 e. The molecule has 2 heteroatoms. The summed E-state index contributed by atoms with van der Waals surface area (Å²) in [4.78, 5) is 2.77. The topological polar surface area (TPSA) is 15.3 Å². The molecule has 2 aliphatic rings. The molecule has 16 heavy (non-hydrogen) atoms. The Balaban J connectivity index is 1.80. The predicted molar refractivity (Wildman–Crippen MR) is 69.7 cm³/mol. The van der Waals surface area contributed by atoms with E-state index < -0.39 is 0 Å². The Kier molecular flexibility index (Phi) is 4.26. The summed E-state index contributed by atoms with van der Waals surface area (Å²) >= 11 is 0. The summed E-state index contributed by atoms with van der Waals surface area (Å²) in [6.07, 6.45) is 8.35. The molecule has 2 saturated heterocycles. The summed E-state index contributed by atoms with van der Waals surface area (Å²) < 4.78 is 0. The van der Waals surface area contributed by atoms with E-state index in [-0.39, 0.29) is 0 Å². The SMILES string of the molecule is CCCC(CCC)N1CCC2(CC1)CNC2. The Bertz CT molecular complexity index is 195. The van der Waals surface area contributed by atoms with Crippen molar-refractivity contribution < 1.29 is 0 Å². The molecule has 2 nitrogen and oxygen atoms in total. The van der Waals surface area contributed by atoms with Gasteiger partial charge in [-0.25, -0.2) is 0 Å². The van der Waals surface area contributed by atoms with Gasteiger partial charge in [0.1, 0.15) is 0 Å². The lowest BCUT2D eigenvalue weighted by Gasteiger charge is -2.50. The standard InChI is InChI=1S/C14H28N2/c1-3-5-13(6-4-2)16-9-7-14(8-10-16)11-15-12-14/h13,15H,3-12H2,1-2H3. The molecule has 1 spiro atoms. The summed E-state index contributed by atoms with van der Waals surface area (Å²) in [6, 6.07) is 0.875. The Morgan fingerprint density at radius 3 is 2.00 bits per heavy atom. The number of nitrogens with zero attached hydrogens (tertiary/aromatic N) is 1. The van der Waals surface area contributed by atoms with Gasteiger partial charge in [0, 0.05) is 19.1 Å². The molecule has 0 aromatic carbocycles. The summed E-state index contributed by atoms with van der Waals surface area (Å²) in [5.41, 5.74) is 0.708. The van der Waals surface area contributed by atoms with E-state index in [0.29, 0.717) is 5.41 Å². The van der Waals surface area contributed by atoms with Crippen LogP contribution in [-0.4, -0.2) is 37.1 Å². The molecule has 94 valence electrons. The molecule has 2 heterocycles. The molecule has 2 fully saturated rings. The minimum absolute atomic E-state index is 0.708. The van der Waals surface area contributed by atoms with E-state index in [1.807, 2.05) is 0 Å². The van der Waals surface area contributed by atoms with Gasteiger partial charge in [-0.15, -0.1) is 0 Å². The van der Waals surface area contributed by atoms with E-state index in [0.717, 1.165) is 6.04 Å². The molecule has 0 unspecified atom stereocenters. The summed E-state index contributed by atoms with van der Waals surface area (Å²) in [7, 11) is 0. The second-order valence-electron chi connectivity index (χ2n) is 5.87. The fraction of sp³-hybridized carbons (Fsp3) is 1.00. The van der Waals surface area contributed by atoms with Crippen molar-refractivity contribution in [3.05, 3.63) is 0 Å². The number of hydrogen-bond acceptors (Lipinski definition) is 2. The highest BCUT2D eigenvalue weighted by atomic mass is 15.2. The number of rotatable bonds is 5. The van der Waals surface area contributed by atoms with Crippen molar-refractivity contribution >= 4 is 0 Å². The van der Waals surface area contributed by atoms with E-state index in [9.17, 15) is 0 Å². The van der Waals surface area contributed by atoms with Crippen molar-refractivity contribution in [2.24, 2.45) is 5.41 Å². The average molecular weight is 224 g/mol. The lowest BCUT2D eigenvalue weighted by atomic mass is 9.73. The summed E-state index contributed by atoms with van der Waals surface area (Å²) in [5, 5.41) is 3.45. The second kappa shape index (κ2) is 5.50. The fourth-order valence-corrected chi connectivity index (χ4v) is 3.37. The van der Waals surface area contributed by atoms with Gasteiger partial charge in [-0.2, -0.15) is 0 Å². The lowest BCUT2D eigenvalue weighted by Crippen LogP contribution is -2.59. The van der Waals surface area contributed by atoms with E-state index in [1.165, 1.54) is 64.7 Å². The Morgan fingerprint density at radius 1 is 1.06 bits per heavy atom. The van der Waals surface area contributed by atoms with Crippen LogP contribution in [0.15, 0.2) is 0 Å². The van der Waals surface area contributed by atoms with Crippen molar-refractivity contribution in [2.45, 2.75) is 58.4 Å². The maximum Gasteiger partial charge on any atom is 0.00950 e. The number of likely N-dealkylation sites (tertiary alicyclic amines) is 1. The second-order valence-corrected chi connectivity index (χ2v) is 5.87. The smallest absolute Gasteiger partial charge is 0.00950 e. The number of piperidine rings is 1. The maximum absolute atomic E-state index is 3.45. The first kappa shape index (κ1) is 12.4. The maximum atomic E-state index is 3.45. The minimum atomic E-state index is 0.708. The van der Waals surface area contributed by atoms with Crippen LogP contribution < -0.4 is 5.32 Å². The van der Waals surface area contributed by atoms with Gasteiger partial charge in [0.2, 0.25) is 0 Å². The third-order valence-corrected chi connectivity index (χ3v) is 4.62. The van der Waals surface area contributed by atoms with Crippen LogP contribution in [0, 0.1) is 5.41 Å². The first-order chi connectivity index (χ1) is 7.79. The highest BCUT2D eigenvalue weighted by Gasteiger charge is 2.40. The van der Waals surface area contributed by atoms with Crippen molar-refractivity contribution in [3.8, 4) is 0 Å². The van der Waals surface area contributed by atoms with Crippen LogP contribution >= 0.6 is 0 Å². The van der Waals surface area contributed by atoms with Crippen LogP contribution in [0.1, 0.15) is 52.4 Å². The van der Waals surface area contributed by atoms with Gasteiger partial charge in [0.15, 0.2) is 0 Å². The number of nitrogens with one attached hydrogen (secondary N) is 1. The summed E-state index contributed by atoms with van der Waals surface area (Å²) in [5.74, 6) is 0. The monoisotopic (exact) mass is 224 g/mol. The molecular formula is C14H28N2. The van der Waals surface area contributed by atoms with Crippen LogP contribution in [0.5, 0.6) is 0 Å². The van der Waals surface area contributed by atoms with Crippen molar-refractivity contribution in [3.63, 3.8) is 0 Å². The van der Waals surface area contributed by atoms with Gasteiger partial charge in [-0.05, 0) is 44.2 Å². The zero-order valence-electron chi connectivity index (χ0n) is 11.1. The number of hydrogen-bond donors (Lipinski definition) is 1. The zero-order chi connectivity index (χ0) is 11.4. The van der Waals surface area contributed by atoms with Crippen LogP contribution in [0.25, 0.3) is 0 Å². The van der Waals surface area contributed by atoms with E-state index in [4.69, 9.17) is 0 Å². The molecule has 0 amide bonds. The third-order valence-electron chi connectivity index (χ3n) is 4.62. The van der Waals surface area contributed by atoms with Crippen LogP contribution in [0.2, 0.25) is 0 Å². The lowest BCUT2D eigenvalue weighted by molar-refractivity contribution is 0.0304. The van der Waals surface area contributed by atoms with Crippen molar-refractivity contribution in [2.75, 3.05) is 26.2 Å². The molecule has 0 bridgehead atoms. The molecule has 1 N–H and O–H groups in total. The van der Waals surface area contributed by atoms with Crippen molar-refractivity contribution in [1.29, 1.82) is 0 Å². The fourth-order valence-electron chi connectivity index (χ4n) is 3.37. The van der Waals surface area contributed by atoms with Gasteiger partial charge >= 0.3 is 0 Å².